The first-order chi connectivity index (χ1) is 9.56. The van der Waals surface area contributed by atoms with Gasteiger partial charge in [0.05, 0.1) is 0 Å². The van der Waals surface area contributed by atoms with Gasteiger partial charge in [-0.1, -0.05) is 19.3 Å². The second-order valence-corrected chi connectivity index (χ2v) is 5.29. The number of rotatable bonds is 4. The Morgan fingerprint density at radius 1 is 1.40 bits per heavy atom. The third-order valence-electron chi connectivity index (χ3n) is 3.58. The third-order valence-corrected chi connectivity index (χ3v) is 3.58. The van der Waals surface area contributed by atoms with E-state index in [0.717, 1.165) is 25.7 Å². The van der Waals surface area contributed by atoms with Crippen molar-refractivity contribution in [2.24, 2.45) is 0 Å². The molecule has 0 spiro atoms. The molecule has 0 aliphatic heterocycles. The summed E-state index contributed by atoms with van der Waals surface area (Å²) in [6.07, 6.45) is 4.81. The van der Waals surface area contributed by atoms with Crippen LogP contribution in [0.2, 0.25) is 0 Å². The normalized spacial score (nSPS) is 17.5. The van der Waals surface area contributed by atoms with Gasteiger partial charge in [0.1, 0.15) is 0 Å². The Morgan fingerprint density at radius 2 is 2.10 bits per heavy atom. The average Bonchev–Trinajstić information content (AvgIpc) is 2.43. The highest BCUT2D eigenvalue weighted by Gasteiger charge is 2.21. The molecule has 0 radical (unpaired) electrons. The standard InChI is InChI=1S/C15H21FN2O2/c1-10(15(19)18-12-5-3-2-4-6-12)20-14-8-7-11(17)9-13(14)16/h7-10,12H,2-6,17H2,1H3,(H,18,19). The summed E-state index contributed by atoms with van der Waals surface area (Å²) in [4.78, 5) is 12.0. The first-order valence-electron chi connectivity index (χ1n) is 7.08. The number of ether oxygens (including phenoxy) is 1. The zero-order chi connectivity index (χ0) is 14.5. The summed E-state index contributed by atoms with van der Waals surface area (Å²) < 4.78 is 19.0. The lowest BCUT2D eigenvalue weighted by molar-refractivity contribution is -0.128. The van der Waals surface area contributed by atoms with E-state index in [1.807, 2.05) is 0 Å². The second-order valence-electron chi connectivity index (χ2n) is 5.29. The number of nitrogens with two attached hydrogens (primary N) is 1. The van der Waals surface area contributed by atoms with Crippen molar-refractivity contribution in [1.82, 2.24) is 5.32 Å². The van der Waals surface area contributed by atoms with Gasteiger partial charge in [-0.2, -0.15) is 0 Å². The molecule has 1 aliphatic rings. The SMILES string of the molecule is CC(Oc1ccc(N)cc1F)C(=O)NC1CCCCC1. The van der Waals surface area contributed by atoms with Crippen molar-refractivity contribution in [1.29, 1.82) is 0 Å². The van der Waals surface area contributed by atoms with Crippen molar-refractivity contribution < 1.29 is 13.9 Å². The number of carbonyl (C=O) groups is 1. The highest BCUT2D eigenvalue weighted by Crippen LogP contribution is 2.21. The molecule has 5 heteroatoms. The highest BCUT2D eigenvalue weighted by atomic mass is 19.1. The Labute approximate surface area is 118 Å². The molecular weight excluding hydrogens is 259 g/mol. The molecule has 1 unspecified atom stereocenters. The molecular formula is C15H21FN2O2. The molecule has 20 heavy (non-hydrogen) atoms. The average molecular weight is 280 g/mol. The maximum Gasteiger partial charge on any atom is 0.260 e. The topological polar surface area (TPSA) is 64.3 Å². The van der Waals surface area contributed by atoms with Crippen molar-refractivity contribution in [3.63, 3.8) is 0 Å². The fourth-order valence-corrected chi connectivity index (χ4v) is 2.42. The zero-order valence-electron chi connectivity index (χ0n) is 11.7. The van der Waals surface area contributed by atoms with Crippen molar-refractivity contribution in [2.45, 2.75) is 51.2 Å². The Bertz CT molecular complexity index is 473. The summed E-state index contributed by atoms with van der Waals surface area (Å²) in [5, 5.41) is 2.96. The number of anilines is 1. The van der Waals surface area contributed by atoms with Crippen LogP contribution in [-0.4, -0.2) is 18.1 Å². The molecule has 3 N–H and O–H groups in total. The molecule has 0 saturated heterocycles. The first kappa shape index (κ1) is 14.6. The van der Waals surface area contributed by atoms with Crippen LogP contribution in [0.3, 0.4) is 0 Å². The monoisotopic (exact) mass is 280 g/mol. The van der Waals surface area contributed by atoms with Gasteiger partial charge in [0.2, 0.25) is 0 Å². The van der Waals surface area contributed by atoms with Crippen LogP contribution in [0, 0.1) is 5.82 Å². The molecule has 1 fully saturated rings. The van der Waals surface area contributed by atoms with E-state index in [0.29, 0.717) is 5.69 Å². The lowest BCUT2D eigenvalue weighted by Crippen LogP contribution is -2.43. The van der Waals surface area contributed by atoms with Crippen molar-refractivity contribution in [3.05, 3.63) is 24.0 Å². The Balaban J connectivity index is 1.89. The van der Waals surface area contributed by atoms with E-state index < -0.39 is 11.9 Å². The van der Waals surface area contributed by atoms with Gasteiger partial charge >= 0.3 is 0 Å². The van der Waals surface area contributed by atoms with Crippen LogP contribution in [-0.2, 0) is 4.79 Å². The highest BCUT2D eigenvalue weighted by molar-refractivity contribution is 5.81. The molecule has 4 nitrogen and oxygen atoms in total. The van der Waals surface area contributed by atoms with Gasteiger partial charge in [0, 0.05) is 17.8 Å². The molecule has 1 aromatic carbocycles. The van der Waals surface area contributed by atoms with Gasteiger partial charge in [-0.15, -0.1) is 0 Å². The second kappa shape index (κ2) is 6.59. The molecule has 1 atom stereocenters. The maximum atomic E-state index is 13.6. The van der Waals surface area contributed by atoms with E-state index in [4.69, 9.17) is 10.5 Å². The summed E-state index contributed by atoms with van der Waals surface area (Å²) >= 11 is 0. The summed E-state index contributed by atoms with van der Waals surface area (Å²) in [6, 6.07) is 4.39. The van der Waals surface area contributed by atoms with Crippen molar-refractivity contribution in [2.75, 3.05) is 5.73 Å². The van der Waals surface area contributed by atoms with Crippen LogP contribution >= 0.6 is 0 Å². The minimum Gasteiger partial charge on any atom is -0.478 e. The van der Waals surface area contributed by atoms with Gasteiger partial charge in [0.25, 0.3) is 5.91 Å². The number of hydrogen-bond acceptors (Lipinski definition) is 3. The number of hydrogen-bond donors (Lipinski definition) is 2. The number of benzene rings is 1. The summed E-state index contributed by atoms with van der Waals surface area (Å²) in [5.74, 6) is -0.707. The molecule has 1 aliphatic carbocycles. The number of amides is 1. The molecule has 2 rings (SSSR count). The van der Waals surface area contributed by atoms with E-state index in [1.54, 1.807) is 13.0 Å². The predicted molar refractivity (Wildman–Crippen MR) is 75.9 cm³/mol. The number of nitrogen functional groups attached to an aromatic ring is 1. The maximum absolute atomic E-state index is 13.6. The fourth-order valence-electron chi connectivity index (χ4n) is 2.42. The van der Waals surface area contributed by atoms with Crippen LogP contribution in [0.25, 0.3) is 0 Å². The Kier molecular flexibility index (Phi) is 4.82. The lowest BCUT2D eigenvalue weighted by Gasteiger charge is -2.24. The van der Waals surface area contributed by atoms with Crippen LogP contribution in [0.4, 0.5) is 10.1 Å². The van der Waals surface area contributed by atoms with E-state index in [9.17, 15) is 9.18 Å². The van der Waals surface area contributed by atoms with Crippen LogP contribution in [0.5, 0.6) is 5.75 Å². The van der Waals surface area contributed by atoms with Gasteiger partial charge in [-0.05, 0) is 31.9 Å². The molecule has 1 saturated carbocycles. The van der Waals surface area contributed by atoms with Crippen molar-refractivity contribution >= 4 is 11.6 Å². The number of nitrogens with one attached hydrogen (secondary N) is 1. The minimum absolute atomic E-state index is 0.0468. The van der Waals surface area contributed by atoms with E-state index in [1.165, 1.54) is 18.6 Å². The lowest BCUT2D eigenvalue weighted by atomic mass is 9.95. The Hall–Kier alpha value is -1.78. The quantitative estimate of drug-likeness (QED) is 0.833. The minimum atomic E-state index is -0.727. The van der Waals surface area contributed by atoms with Gasteiger partial charge in [-0.3, -0.25) is 4.79 Å². The van der Waals surface area contributed by atoms with Crippen molar-refractivity contribution in [3.8, 4) is 5.75 Å². The molecule has 0 heterocycles. The smallest absolute Gasteiger partial charge is 0.260 e. The van der Waals surface area contributed by atoms with Crippen LogP contribution in [0.1, 0.15) is 39.0 Å². The van der Waals surface area contributed by atoms with Crippen LogP contribution in [0.15, 0.2) is 18.2 Å². The third kappa shape index (κ3) is 3.85. The summed E-state index contributed by atoms with van der Waals surface area (Å²) in [7, 11) is 0. The van der Waals surface area contributed by atoms with E-state index >= 15 is 0 Å². The molecule has 1 amide bonds. The van der Waals surface area contributed by atoms with Gasteiger partial charge in [0.15, 0.2) is 17.7 Å². The number of carbonyl (C=O) groups excluding carboxylic acids is 1. The van der Waals surface area contributed by atoms with E-state index in [-0.39, 0.29) is 17.7 Å². The van der Waals surface area contributed by atoms with E-state index in [2.05, 4.69) is 5.32 Å². The summed E-state index contributed by atoms with van der Waals surface area (Å²) in [6.45, 7) is 1.62. The molecule has 0 bridgehead atoms. The molecule has 110 valence electrons. The molecule has 1 aromatic rings. The largest absolute Gasteiger partial charge is 0.478 e. The number of halogens is 1. The first-order valence-corrected chi connectivity index (χ1v) is 7.08. The summed E-state index contributed by atoms with van der Waals surface area (Å²) in [5.41, 5.74) is 5.79. The predicted octanol–water partition coefficient (Wildman–Crippen LogP) is 2.62. The molecule has 0 aromatic heterocycles. The van der Waals surface area contributed by atoms with Crippen LogP contribution < -0.4 is 15.8 Å². The van der Waals surface area contributed by atoms with Gasteiger partial charge in [-0.25, -0.2) is 4.39 Å². The van der Waals surface area contributed by atoms with Gasteiger partial charge < -0.3 is 15.8 Å². The zero-order valence-corrected chi connectivity index (χ0v) is 11.7. The fraction of sp³-hybridized carbons (Fsp3) is 0.533. The Morgan fingerprint density at radius 3 is 2.75 bits per heavy atom.